The molecule has 0 aliphatic rings. The molecule has 0 unspecified atom stereocenters. The Morgan fingerprint density at radius 3 is 2.46 bits per heavy atom. The molecule has 0 radical (unpaired) electrons. The Bertz CT molecular complexity index is 1500. The summed E-state index contributed by atoms with van der Waals surface area (Å²) in [7, 11) is 0. The molecule has 0 saturated heterocycles. The van der Waals surface area contributed by atoms with Crippen LogP contribution < -0.4 is 10.5 Å². The summed E-state index contributed by atoms with van der Waals surface area (Å²) in [5.74, 6) is 0.530. The van der Waals surface area contributed by atoms with Crippen LogP contribution in [0.2, 0.25) is 0 Å². The minimum atomic E-state index is -0.403. The Kier molecular flexibility index (Phi) is 5.82. The van der Waals surface area contributed by atoms with Gasteiger partial charge in [-0.1, -0.05) is 56.3 Å². The molecule has 0 amide bonds. The molecule has 3 heterocycles. The van der Waals surface area contributed by atoms with Gasteiger partial charge in [-0.3, -0.25) is 4.98 Å². The standard InChI is InChI=1S/C28H26N6O/c1-18-13-15-31-34-25(18)28(2,3)17-35-27-26(29)32-23(19-8-5-4-6-9-19)24(33-27)21-11-12-22-20(16-21)10-7-14-30-22/h4-16H,17H2,1-3H3,(H2,29,32). The van der Waals surface area contributed by atoms with Crippen molar-refractivity contribution in [3.8, 4) is 28.4 Å². The van der Waals surface area contributed by atoms with E-state index in [1.165, 1.54) is 0 Å². The van der Waals surface area contributed by atoms with Crippen molar-refractivity contribution >= 4 is 16.7 Å². The summed E-state index contributed by atoms with van der Waals surface area (Å²) in [4.78, 5) is 14.0. The molecule has 7 nitrogen and oxygen atoms in total. The minimum Gasteiger partial charge on any atom is -0.474 e. The number of pyridine rings is 1. The van der Waals surface area contributed by atoms with Crippen molar-refractivity contribution < 1.29 is 4.74 Å². The van der Waals surface area contributed by atoms with Crippen molar-refractivity contribution in [2.45, 2.75) is 26.2 Å². The molecule has 2 aromatic carbocycles. The number of ether oxygens (including phenoxy) is 1. The zero-order valence-corrected chi connectivity index (χ0v) is 19.9. The number of benzene rings is 2. The van der Waals surface area contributed by atoms with E-state index in [-0.39, 0.29) is 5.82 Å². The van der Waals surface area contributed by atoms with Gasteiger partial charge < -0.3 is 10.5 Å². The highest BCUT2D eigenvalue weighted by atomic mass is 16.5. The van der Waals surface area contributed by atoms with Crippen molar-refractivity contribution in [1.29, 1.82) is 0 Å². The molecule has 0 atom stereocenters. The molecule has 0 spiro atoms. The zero-order valence-electron chi connectivity index (χ0n) is 19.9. The fourth-order valence-electron chi connectivity index (χ4n) is 4.14. The number of rotatable bonds is 6. The monoisotopic (exact) mass is 462 g/mol. The lowest BCUT2D eigenvalue weighted by Gasteiger charge is -2.25. The second-order valence-electron chi connectivity index (χ2n) is 9.12. The van der Waals surface area contributed by atoms with Gasteiger partial charge in [0.25, 0.3) is 5.88 Å². The smallest absolute Gasteiger partial charge is 0.257 e. The van der Waals surface area contributed by atoms with E-state index in [9.17, 15) is 0 Å². The lowest BCUT2D eigenvalue weighted by Crippen LogP contribution is -2.29. The van der Waals surface area contributed by atoms with E-state index in [1.54, 1.807) is 12.4 Å². The van der Waals surface area contributed by atoms with Gasteiger partial charge in [0.2, 0.25) is 0 Å². The van der Waals surface area contributed by atoms with Crippen LogP contribution in [0, 0.1) is 6.92 Å². The first-order valence-electron chi connectivity index (χ1n) is 11.4. The maximum atomic E-state index is 6.36. The lowest BCUT2D eigenvalue weighted by atomic mass is 9.87. The highest BCUT2D eigenvalue weighted by Gasteiger charge is 2.27. The second-order valence-corrected chi connectivity index (χ2v) is 9.12. The van der Waals surface area contributed by atoms with Crippen molar-refractivity contribution in [3.05, 3.63) is 90.4 Å². The Morgan fingerprint density at radius 2 is 1.66 bits per heavy atom. The number of nitrogens with two attached hydrogens (primary N) is 1. The predicted molar refractivity (Wildman–Crippen MR) is 138 cm³/mol. The topological polar surface area (TPSA) is 99.7 Å². The summed E-state index contributed by atoms with van der Waals surface area (Å²) < 4.78 is 6.17. The predicted octanol–water partition coefficient (Wildman–Crippen LogP) is 5.40. The van der Waals surface area contributed by atoms with E-state index in [1.807, 2.05) is 67.6 Å². The molecular weight excluding hydrogens is 436 g/mol. The van der Waals surface area contributed by atoms with Crippen LogP contribution in [0.1, 0.15) is 25.1 Å². The van der Waals surface area contributed by atoms with Crippen molar-refractivity contribution in [2.75, 3.05) is 12.3 Å². The van der Waals surface area contributed by atoms with Crippen LogP contribution in [0.25, 0.3) is 33.4 Å². The third kappa shape index (κ3) is 4.53. The highest BCUT2D eigenvalue weighted by molar-refractivity contribution is 5.87. The van der Waals surface area contributed by atoms with Crippen LogP contribution in [0.4, 0.5) is 5.82 Å². The molecular formula is C28H26N6O. The second kappa shape index (κ2) is 9.10. The summed E-state index contributed by atoms with van der Waals surface area (Å²) in [6.45, 7) is 6.45. The average molecular weight is 463 g/mol. The summed E-state index contributed by atoms with van der Waals surface area (Å²) in [5.41, 5.74) is 12.0. The number of aryl methyl sites for hydroxylation is 1. The number of fused-ring (bicyclic) bond motifs is 1. The van der Waals surface area contributed by atoms with Gasteiger partial charge in [-0.2, -0.15) is 10.2 Å². The Labute approximate surface area is 204 Å². The first kappa shape index (κ1) is 22.4. The maximum absolute atomic E-state index is 6.36. The average Bonchev–Trinajstić information content (AvgIpc) is 2.88. The third-order valence-electron chi connectivity index (χ3n) is 5.95. The number of hydrogen-bond donors (Lipinski definition) is 1. The summed E-state index contributed by atoms with van der Waals surface area (Å²) >= 11 is 0. The van der Waals surface area contributed by atoms with Crippen molar-refractivity contribution in [2.24, 2.45) is 0 Å². The van der Waals surface area contributed by atoms with Crippen molar-refractivity contribution in [3.63, 3.8) is 0 Å². The molecule has 0 aliphatic heterocycles. The fraction of sp³-hybridized carbons (Fsp3) is 0.179. The SMILES string of the molecule is Cc1ccnnc1C(C)(C)COc1nc(-c2ccc3ncccc3c2)c(-c2ccccc2)nc1N. The number of hydrogen-bond acceptors (Lipinski definition) is 7. The van der Waals surface area contributed by atoms with Crippen LogP contribution in [0.3, 0.4) is 0 Å². The Morgan fingerprint density at radius 1 is 0.857 bits per heavy atom. The Hall–Kier alpha value is -4.39. The molecule has 0 aliphatic carbocycles. The van der Waals surface area contributed by atoms with Gasteiger partial charge in [-0.05, 0) is 36.8 Å². The van der Waals surface area contributed by atoms with E-state index in [0.717, 1.165) is 33.3 Å². The van der Waals surface area contributed by atoms with Crippen molar-refractivity contribution in [1.82, 2.24) is 25.1 Å². The van der Waals surface area contributed by atoms with E-state index >= 15 is 0 Å². The third-order valence-corrected chi connectivity index (χ3v) is 5.95. The first-order chi connectivity index (χ1) is 16.9. The molecule has 3 aromatic heterocycles. The molecule has 35 heavy (non-hydrogen) atoms. The Balaban J connectivity index is 1.57. The number of aromatic nitrogens is 5. The normalized spacial score (nSPS) is 11.5. The first-order valence-corrected chi connectivity index (χ1v) is 11.4. The quantitative estimate of drug-likeness (QED) is 0.361. The molecule has 5 rings (SSSR count). The van der Waals surface area contributed by atoms with Gasteiger partial charge in [-0.15, -0.1) is 0 Å². The van der Waals surface area contributed by atoms with Crippen LogP contribution in [-0.2, 0) is 5.41 Å². The summed E-state index contributed by atoms with van der Waals surface area (Å²) in [5, 5.41) is 9.39. The van der Waals surface area contributed by atoms with Gasteiger partial charge in [-0.25, -0.2) is 9.97 Å². The molecule has 7 heteroatoms. The van der Waals surface area contributed by atoms with Gasteiger partial charge in [0.05, 0.1) is 16.9 Å². The lowest BCUT2D eigenvalue weighted by molar-refractivity contribution is 0.228. The molecule has 2 N–H and O–H groups in total. The number of anilines is 1. The largest absolute Gasteiger partial charge is 0.474 e. The van der Waals surface area contributed by atoms with E-state index < -0.39 is 5.41 Å². The van der Waals surface area contributed by atoms with E-state index in [2.05, 4.69) is 35.1 Å². The molecule has 174 valence electrons. The van der Waals surface area contributed by atoms with Crippen LogP contribution in [0.15, 0.2) is 79.1 Å². The fourth-order valence-corrected chi connectivity index (χ4v) is 4.14. The number of nitrogen functional groups attached to an aromatic ring is 1. The summed E-state index contributed by atoms with van der Waals surface area (Å²) in [6.07, 6.45) is 3.47. The van der Waals surface area contributed by atoms with Crippen LogP contribution >= 0.6 is 0 Å². The molecule has 0 bridgehead atoms. The van der Waals surface area contributed by atoms with E-state index in [4.69, 9.17) is 20.4 Å². The van der Waals surface area contributed by atoms with Gasteiger partial charge in [0, 0.05) is 34.3 Å². The maximum Gasteiger partial charge on any atom is 0.257 e. The van der Waals surface area contributed by atoms with Gasteiger partial charge >= 0.3 is 0 Å². The van der Waals surface area contributed by atoms with Gasteiger partial charge in [0.15, 0.2) is 5.82 Å². The zero-order chi connectivity index (χ0) is 24.4. The van der Waals surface area contributed by atoms with E-state index in [0.29, 0.717) is 23.9 Å². The minimum absolute atomic E-state index is 0.238. The molecule has 0 fully saturated rings. The highest BCUT2D eigenvalue weighted by Crippen LogP contribution is 2.35. The van der Waals surface area contributed by atoms with Crippen LogP contribution in [0.5, 0.6) is 5.88 Å². The van der Waals surface area contributed by atoms with Crippen LogP contribution in [-0.4, -0.2) is 31.8 Å². The van der Waals surface area contributed by atoms with Gasteiger partial charge in [0.1, 0.15) is 12.3 Å². The summed E-state index contributed by atoms with van der Waals surface area (Å²) in [6, 6.07) is 21.8. The molecule has 5 aromatic rings. The molecule has 0 saturated carbocycles. The number of nitrogens with zero attached hydrogens (tertiary/aromatic N) is 5.